The predicted octanol–water partition coefficient (Wildman–Crippen LogP) is 1.09. The fourth-order valence-electron chi connectivity index (χ4n) is 1.66. The van der Waals surface area contributed by atoms with Crippen LogP contribution in [0, 0.1) is 6.92 Å². The number of aromatic nitrogens is 1. The summed E-state index contributed by atoms with van der Waals surface area (Å²) in [5, 5.41) is 17.6. The number of aromatic carboxylic acids is 1. The van der Waals surface area contributed by atoms with Crippen molar-refractivity contribution in [3.63, 3.8) is 0 Å². The van der Waals surface area contributed by atoms with Crippen molar-refractivity contribution < 1.29 is 33.0 Å². The highest BCUT2D eigenvalue weighted by atomic mass is 19.4. The molecular weight excluding hydrogens is 293 g/mol. The Balaban J connectivity index is 3.04. The highest BCUT2D eigenvalue weighted by Gasteiger charge is 2.33. The molecule has 1 rings (SSSR count). The van der Waals surface area contributed by atoms with Crippen LogP contribution in [0.25, 0.3) is 0 Å². The number of aliphatic hydroxyl groups is 1. The van der Waals surface area contributed by atoms with Gasteiger partial charge in [0.25, 0.3) is 5.91 Å². The number of carbonyl (C=O) groups excluding carboxylic acids is 1. The molecule has 1 aromatic heterocycles. The van der Waals surface area contributed by atoms with Gasteiger partial charge >= 0.3 is 12.1 Å². The van der Waals surface area contributed by atoms with Gasteiger partial charge in [-0.05, 0) is 19.1 Å². The van der Waals surface area contributed by atoms with Crippen LogP contribution in [0.2, 0.25) is 0 Å². The van der Waals surface area contributed by atoms with Crippen LogP contribution in [0.1, 0.15) is 26.5 Å². The normalized spacial score (nSPS) is 11.3. The Bertz CT molecular complexity index is 546. The zero-order chi connectivity index (χ0) is 16.2. The summed E-state index contributed by atoms with van der Waals surface area (Å²) in [4.78, 5) is 26.9. The molecule has 21 heavy (non-hydrogen) atoms. The lowest BCUT2D eigenvalue weighted by Gasteiger charge is -2.22. The number of carboxylic acids is 1. The molecule has 0 aliphatic carbocycles. The Hall–Kier alpha value is -2.16. The average Bonchev–Trinajstić information content (AvgIpc) is 2.35. The molecule has 0 unspecified atom stereocenters. The Labute approximate surface area is 117 Å². The summed E-state index contributed by atoms with van der Waals surface area (Å²) in [7, 11) is 0. The van der Waals surface area contributed by atoms with Gasteiger partial charge in [0.1, 0.15) is 12.2 Å². The highest BCUT2D eigenvalue weighted by Crippen LogP contribution is 2.18. The van der Waals surface area contributed by atoms with Crippen molar-refractivity contribution in [2.24, 2.45) is 0 Å². The molecule has 0 saturated heterocycles. The van der Waals surface area contributed by atoms with Crippen LogP contribution in [-0.4, -0.2) is 57.8 Å². The zero-order valence-corrected chi connectivity index (χ0v) is 11.0. The number of amides is 1. The summed E-state index contributed by atoms with van der Waals surface area (Å²) < 4.78 is 37.1. The molecule has 1 aromatic rings. The molecular formula is C12H13F3N2O4. The van der Waals surface area contributed by atoms with E-state index in [0.29, 0.717) is 4.90 Å². The molecule has 0 radical (unpaired) electrons. The van der Waals surface area contributed by atoms with Crippen LogP contribution >= 0.6 is 0 Å². The van der Waals surface area contributed by atoms with E-state index in [4.69, 9.17) is 10.2 Å². The monoisotopic (exact) mass is 306 g/mol. The first-order valence-corrected chi connectivity index (χ1v) is 5.83. The molecule has 0 aliphatic rings. The molecule has 6 nitrogen and oxygen atoms in total. The summed E-state index contributed by atoms with van der Waals surface area (Å²) in [6.45, 7) is -1.32. The van der Waals surface area contributed by atoms with Crippen molar-refractivity contribution in [2.75, 3.05) is 19.7 Å². The fraction of sp³-hybridized carbons (Fsp3) is 0.417. The molecule has 2 N–H and O–H groups in total. The first kappa shape index (κ1) is 16.9. The van der Waals surface area contributed by atoms with E-state index in [-0.39, 0.29) is 17.0 Å². The van der Waals surface area contributed by atoms with Crippen LogP contribution < -0.4 is 0 Å². The molecule has 0 aromatic carbocycles. The number of aryl methyl sites for hydroxylation is 1. The Morgan fingerprint density at radius 1 is 1.33 bits per heavy atom. The topological polar surface area (TPSA) is 90.7 Å². The lowest BCUT2D eigenvalue weighted by molar-refractivity contribution is -0.141. The number of rotatable bonds is 5. The van der Waals surface area contributed by atoms with Crippen molar-refractivity contribution in [1.29, 1.82) is 0 Å². The van der Waals surface area contributed by atoms with Crippen LogP contribution in [-0.2, 0) is 0 Å². The third kappa shape index (κ3) is 4.71. The fourth-order valence-corrected chi connectivity index (χ4v) is 1.66. The Morgan fingerprint density at radius 3 is 2.38 bits per heavy atom. The van der Waals surface area contributed by atoms with Gasteiger partial charge in [-0.1, -0.05) is 0 Å². The smallest absolute Gasteiger partial charge is 0.406 e. The highest BCUT2D eigenvalue weighted by molar-refractivity contribution is 5.94. The molecule has 0 spiro atoms. The minimum absolute atomic E-state index is 0.0179. The van der Waals surface area contributed by atoms with Gasteiger partial charge in [-0.2, -0.15) is 13.2 Å². The SMILES string of the molecule is Cc1nc(C(=O)N(CCO)CC(F)(F)F)ccc1C(=O)O. The summed E-state index contributed by atoms with van der Waals surface area (Å²) in [6, 6.07) is 2.14. The van der Waals surface area contributed by atoms with E-state index >= 15 is 0 Å². The van der Waals surface area contributed by atoms with Gasteiger partial charge in [0, 0.05) is 6.54 Å². The van der Waals surface area contributed by atoms with Gasteiger partial charge in [0.15, 0.2) is 0 Å². The van der Waals surface area contributed by atoms with E-state index < -0.39 is 37.7 Å². The van der Waals surface area contributed by atoms with Crippen molar-refractivity contribution in [2.45, 2.75) is 13.1 Å². The van der Waals surface area contributed by atoms with Crippen LogP contribution in [0.5, 0.6) is 0 Å². The summed E-state index contributed by atoms with van der Waals surface area (Å²) in [6.07, 6.45) is -4.61. The maximum atomic E-state index is 12.4. The largest absolute Gasteiger partial charge is 0.478 e. The molecule has 0 saturated carbocycles. The number of pyridine rings is 1. The van der Waals surface area contributed by atoms with Crippen LogP contribution in [0.4, 0.5) is 13.2 Å². The Kier molecular flexibility index (Phi) is 5.25. The summed E-state index contributed by atoms with van der Waals surface area (Å²) in [5.41, 5.74) is -0.435. The zero-order valence-electron chi connectivity index (χ0n) is 11.0. The van der Waals surface area contributed by atoms with Gasteiger partial charge in [-0.15, -0.1) is 0 Å². The lowest BCUT2D eigenvalue weighted by Crippen LogP contribution is -2.41. The number of hydrogen-bond acceptors (Lipinski definition) is 4. The van der Waals surface area contributed by atoms with E-state index in [2.05, 4.69) is 4.98 Å². The maximum Gasteiger partial charge on any atom is 0.406 e. The van der Waals surface area contributed by atoms with E-state index in [0.717, 1.165) is 12.1 Å². The van der Waals surface area contributed by atoms with Crippen molar-refractivity contribution in [1.82, 2.24) is 9.88 Å². The molecule has 0 fully saturated rings. The molecule has 0 aliphatic heterocycles. The van der Waals surface area contributed by atoms with Crippen molar-refractivity contribution in [3.8, 4) is 0 Å². The molecule has 0 atom stereocenters. The summed E-state index contributed by atoms with van der Waals surface area (Å²) in [5.74, 6) is -2.28. The van der Waals surface area contributed by atoms with E-state index in [1.54, 1.807) is 0 Å². The quantitative estimate of drug-likeness (QED) is 0.849. The van der Waals surface area contributed by atoms with Crippen LogP contribution in [0.3, 0.4) is 0 Å². The third-order valence-electron chi connectivity index (χ3n) is 2.56. The van der Waals surface area contributed by atoms with Crippen molar-refractivity contribution >= 4 is 11.9 Å². The third-order valence-corrected chi connectivity index (χ3v) is 2.56. The van der Waals surface area contributed by atoms with Crippen molar-refractivity contribution in [3.05, 3.63) is 29.1 Å². The number of hydrogen-bond donors (Lipinski definition) is 2. The minimum atomic E-state index is -4.61. The second-order valence-corrected chi connectivity index (χ2v) is 4.20. The molecule has 0 bridgehead atoms. The second-order valence-electron chi connectivity index (χ2n) is 4.20. The van der Waals surface area contributed by atoms with Crippen LogP contribution in [0.15, 0.2) is 12.1 Å². The average molecular weight is 306 g/mol. The first-order valence-electron chi connectivity index (χ1n) is 5.83. The van der Waals surface area contributed by atoms with E-state index in [9.17, 15) is 22.8 Å². The van der Waals surface area contributed by atoms with Gasteiger partial charge < -0.3 is 15.1 Å². The molecule has 1 heterocycles. The molecule has 116 valence electrons. The summed E-state index contributed by atoms with van der Waals surface area (Å²) >= 11 is 0. The molecule has 1 amide bonds. The van der Waals surface area contributed by atoms with Gasteiger partial charge in [0.05, 0.1) is 17.9 Å². The minimum Gasteiger partial charge on any atom is -0.478 e. The number of carboxylic acid groups (broad SMARTS) is 1. The standard InChI is InChI=1S/C12H13F3N2O4/c1-7-8(11(20)21)2-3-9(16-7)10(19)17(4-5-18)6-12(13,14)15/h2-3,18H,4-6H2,1H3,(H,20,21). The number of alkyl halides is 3. The second kappa shape index (κ2) is 6.53. The number of aliphatic hydroxyl groups excluding tert-OH is 1. The lowest BCUT2D eigenvalue weighted by atomic mass is 10.2. The first-order chi connectivity index (χ1) is 9.65. The van der Waals surface area contributed by atoms with Gasteiger partial charge in [-0.25, -0.2) is 9.78 Å². The van der Waals surface area contributed by atoms with Gasteiger partial charge in [-0.3, -0.25) is 4.79 Å². The van der Waals surface area contributed by atoms with E-state index in [1.807, 2.05) is 0 Å². The Morgan fingerprint density at radius 2 is 1.95 bits per heavy atom. The predicted molar refractivity (Wildman–Crippen MR) is 65.0 cm³/mol. The number of carbonyl (C=O) groups is 2. The van der Waals surface area contributed by atoms with Gasteiger partial charge in [0.2, 0.25) is 0 Å². The number of halogens is 3. The molecule has 9 heteroatoms. The maximum absolute atomic E-state index is 12.4. The number of nitrogens with zero attached hydrogens (tertiary/aromatic N) is 2. The van der Waals surface area contributed by atoms with E-state index in [1.165, 1.54) is 6.92 Å².